The zero-order valence-electron chi connectivity index (χ0n) is 12.4. The molecule has 3 rings (SSSR count). The SMILES string of the molecule is COc1ccc2c(c1)CC1(CCN(C(C)C)CC1)C2. The van der Waals surface area contributed by atoms with Crippen molar-refractivity contribution >= 4 is 0 Å². The number of ether oxygens (including phenoxy) is 1. The Morgan fingerprint density at radius 1 is 1.11 bits per heavy atom. The maximum absolute atomic E-state index is 5.36. The highest BCUT2D eigenvalue weighted by Crippen LogP contribution is 2.45. The summed E-state index contributed by atoms with van der Waals surface area (Å²) in [4.78, 5) is 2.62. The van der Waals surface area contributed by atoms with E-state index in [4.69, 9.17) is 4.74 Å². The first-order valence-electron chi connectivity index (χ1n) is 7.52. The summed E-state index contributed by atoms with van der Waals surface area (Å²) in [7, 11) is 1.76. The molecule has 0 bridgehead atoms. The van der Waals surface area contributed by atoms with E-state index < -0.39 is 0 Å². The Bertz CT molecular complexity index is 458. The Balaban J connectivity index is 1.73. The number of benzene rings is 1. The van der Waals surface area contributed by atoms with Crippen molar-refractivity contribution in [2.45, 2.75) is 45.6 Å². The normalized spacial score (nSPS) is 21.9. The van der Waals surface area contributed by atoms with E-state index in [9.17, 15) is 0 Å². The maximum atomic E-state index is 5.36. The molecule has 1 fully saturated rings. The number of hydrogen-bond donors (Lipinski definition) is 0. The van der Waals surface area contributed by atoms with Crippen molar-refractivity contribution in [3.63, 3.8) is 0 Å². The van der Waals surface area contributed by atoms with E-state index in [1.54, 1.807) is 12.7 Å². The minimum Gasteiger partial charge on any atom is -0.497 e. The Morgan fingerprint density at radius 3 is 2.42 bits per heavy atom. The molecule has 0 unspecified atom stereocenters. The molecule has 2 aliphatic rings. The van der Waals surface area contributed by atoms with E-state index in [0.29, 0.717) is 11.5 Å². The molecule has 0 N–H and O–H groups in total. The molecule has 1 aromatic rings. The van der Waals surface area contributed by atoms with Crippen LogP contribution in [0.25, 0.3) is 0 Å². The van der Waals surface area contributed by atoms with Gasteiger partial charge in [0.15, 0.2) is 0 Å². The second-order valence-corrected chi connectivity index (χ2v) is 6.62. The average Bonchev–Trinajstić information content (AvgIpc) is 2.75. The van der Waals surface area contributed by atoms with Gasteiger partial charge in [0.1, 0.15) is 5.75 Å². The molecule has 1 saturated heterocycles. The summed E-state index contributed by atoms with van der Waals surface area (Å²) in [6, 6.07) is 7.33. The molecule has 0 saturated carbocycles. The molecule has 19 heavy (non-hydrogen) atoms. The summed E-state index contributed by atoms with van der Waals surface area (Å²) in [5.41, 5.74) is 3.62. The van der Waals surface area contributed by atoms with Gasteiger partial charge >= 0.3 is 0 Å². The molecule has 0 radical (unpaired) electrons. The third-order valence-corrected chi connectivity index (χ3v) is 5.13. The highest BCUT2D eigenvalue weighted by Gasteiger charge is 2.40. The van der Waals surface area contributed by atoms with Crippen LogP contribution in [0.4, 0.5) is 0 Å². The average molecular weight is 259 g/mol. The third-order valence-electron chi connectivity index (χ3n) is 5.13. The monoisotopic (exact) mass is 259 g/mol. The number of fused-ring (bicyclic) bond motifs is 1. The van der Waals surface area contributed by atoms with E-state index in [2.05, 4.69) is 36.9 Å². The lowest BCUT2D eigenvalue weighted by Gasteiger charge is -2.41. The number of hydrogen-bond acceptors (Lipinski definition) is 2. The van der Waals surface area contributed by atoms with Crippen molar-refractivity contribution in [1.82, 2.24) is 4.90 Å². The standard InChI is InChI=1S/C17H25NO/c1-13(2)18-8-6-17(7-9-18)11-14-4-5-16(19-3)10-15(14)12-17/h4-5,10,13H,6-9,11-12H2,1-3H3. The van der Waals surface area contributed by atoms with Crippen LogP contribution in [0, 0.1) is 5.41 Å². The molecule has 0 aromatic heterocycles. The van der Waals surface area contributed by atoms with Gasteiger partial charge in [-0.15, -0.1) is 0 Å². The molecule has 0 atom stereocenters. The minimum atomic E-state index is 0.542. The third kappa shape index (κ3) is 2.38. The molecular formula is C17H25NO. The molecule has 104 valence electrons. The summed E-state index contributed by atoms with van der Waals surface area (Å²) < 4.78 is 5.36. The van der Waals surface area contributed by atoms with Gasteiger partial charge < -0.3 is 9.64 Å². The van der Waals surface area contributed by atoms with Gasteiger partial charge in [-0.1, -0.05) is 6.07 Å². The smallest absolute Gasteiger partial charge is 0.119 e. The quantitative estimate of drug-likeness (QED) is 0.808. The number of piperidine rings is 1. The number of nitrogens with zero attached hydrogens (tertiary/aromatic N) is 1. The van der Waals surface area contributed by atoms with Gasteiger partial charge in [0.2, 0.25) is 0 Å². The summed E-state index contributed by atoms with van der Waals surface area (Å²) in [6.07, 6.45) is 5.23. The van der Waals surface area contributed by atoms with Gasteiger partial charge in [-0.05, 0) is 81.3 Å². The zero-order valence-corrected chi connectivity index (χ0v) is 12.4. The Labute approximate surface area is 116 Å². The molecule has 1 aromatic carbocycles. The first-order valence-corrected chi connectivity index (χ1v) is 7.52. The van der Waals surface area contributed by atoms with E-state index in [1.165, 1.54) is 44.3 Å². The highest BCUT2D eigenvalue weighted by atomic mass is 16.5. The molecular weight excluding hydrogens is 234 g/mol. The van der Waals surface area contributed by atoms with Crippen LogP contribution in [-0.2, 0) is 12.8 Å². The van der Waals surface area contributed by atoms with E-state index in [-0.39, 0.29) is 0 Å². The van der Waals surface area contributed by atoms with Crippen LogP contribution in [0.5, 0.6) is 5.75 Å². The van der Waals surface area contributed by atoms with Crippen LogP contribution in [-0.4, -0.2) is 31.1 Å². The lowest BCUT2D eigenvalue weighted by molar-refractivity contribution is 0.0895. The number of likely N-dealkylation sites (tertiary alicyclic amines) is 1. The summed E-state index contributed by atoms with van der Waals surface area (Å²) in [5, 5.41) is 0. The first kappa shape index (κ1) is 13.0. The second kappa shape index (κ2) is 4.82. The lowest BCUT2D eigenvalue weighted by atomic mass is 9.76. The van der Waals surface area contributed by atoms with E-state index in [0.717, 1.165) is 5.75 Å². The molecule has 2 heteroatoms. The molecule has 1 spiro atoms. The van der Waals surface area contributed by atoms with E-state index >= 15 is 0 Å². The summed E-state index contributed by atoms with van der Waals surface area (Å²) in [6.45, 7) is 7.16. The fourth-order valence-electron chi connectivity index (χ4n) is 3.81. The van der Waals surface area contributed by atoms with Crippen LogP contribution in [0.2, 0.25) is 0 Å². The second-order valence-electron chi connectivity index (χ2n) is 6.62. The van der Waals surface area contributed by atoms with Gasteiger partial charge in [0, 0.05) is 6.04 Å². The molecule has 1 aliphatic heterocycles. The summed E-state index contributed by atoms with van der Waals surface area (Å²) in [5.74, 6) is 1.01. The van der Waals surface area contributed by atoms with Gasteiger partial charge in [-0.2, -0.15) is 0 Å². The fraction of sp³-hybridized carbons (Fsp3) is 0.647. The Kier molecular flexibility index (Phi) is 3.30. The van der Waals surface area contributed by atoms with Gasteiger partial charge in [0.25, 0.3) is 0 Å². The van der Waals surface area contributed by atoms with E-state index in [1.807, 2.05) is 0 Å². The Hall–Kier alpha value is -1.02. The van der Waals surface area contributed by atoms with Crippen molar-refractivity contribution in [1.29, 1.82) is 0 Å². The largest absolute Gasteiger partial charge is 0.497 e. The van der Waals surface area contributed by atoms with Crippen LogP contribution < -0.4 is 4.74 Å². The van der Waals surface area contributed by atoms with Gasteiger partial charge in [-0.25, -0.2) is 0 Å². The fourth-order valence-corrected chi connectivity index (χ4v) is 3.81. The maximum Gasteiger partial charge on any atom is 0.119 e. The van der Waals surface area contributed by atoms with Crippen molar-refractivity contribution < 1.29 is 4.74 Å². The zero-order chi connectivity index (χ0) is 13.5. The van der Waals surface area contributed by atoms with Crippen molar-refractivity contribution in [3.05, 3.63) is 29.3 Å². The summed E-state index contributed by atoms with van der Waals surface area (Å²) >= 11 is 0. The minimum absolute atomic E-state index is 0.542. The van der Waals surface area contributed by atoms with Crippen LogP contribution >= 0.6 is 0 Å². The lowest BCUT2D eigenvalue weighted by Crippen LogP contribution is -2.43. The van der Waals surface area contributed by atoms with Gasteiger partial charge in [0.05, 0.1) is 7.11 Å². The number of methoxy groups -OCH3 is 1. The van der Waals surface area contributed by atoms with Crippen LogP contribution in [0.1, 0.15) is 37.8 Å². The van der Waals surface area contributed by atoms with Crippen molar-refractivity contribution in [2.75, 3.05) is 20.2 Å². The highest BCUT2D eigenvalue weighted by molar-refractivity contribution is 5.40. The predicted molar refractivity (Wildman–Crippen MR) is 78.8 cm³/mol. The van der Waals surface area contributed by atoms with Crippen LogP contribution in [0.15, 0.2) is 18.2 Å². The van der Waals surface area contributed by atoms with Gasteiger partial charge in [-0.3, -0.25) is 0 Å². The molecule has 0 amide bonds. The number of rotatable bonds is 2. The van der Waals surface area contributed by atoms with Crippen molar-refractivity contribution in [2.24, 2.45) is 5.41 Å². The predicted octanol–water partition coefficient (Wildman–Crippen LogP) is 3.28. The Morgan fingerprint density at radius 2 is 1.79 bits per heavy atom. The molecule has 1 aliphatic carbocycles. The topological polar surface area (TPSA) is 12.5 Å². The first-order chi connectivity index (χ1) is 9.12. The molecule has 1 heterocycles. The molecule has 2 nitrogen and oxygen atoms in total. The van der Waals surface area contributed by atoms with Crippen LogP contribution in [0.3, 0.4) is 0 Å². The van der Waals surface area contributed by atoms with Crippen molar-refractivity contribution in [3.8, 4) is 5.75 Å².